The van der Waals surface area contributed by atoms with E-state index in [9.17, 15) is 9.59 Å². The minimum absolute atomic E-state index is 0.329. The highest BCUT2D eigenvalue weighted by Crippen LogP contribution is 2.60. The van der Waals surface area contributed by atoms with Crippen LogP contribution in [-0.2, 0) is 26.1 Å². The van der Waals surface area contributed by atoms with Gasteiger partial charge in [-0.05, 0) is 147 Å². The van der Waals surface area contributed by atoms with Gasteiger partial charge >= 0.3 is 11.9 Å². The summed E-state index contributed by atoms with van der Waals surface area (Å²) in [4.78, 5) is 32.4. The summed E-state index contributed by atoms with van der Waals surface area (Å²) in [7, 11) is 4.37. The van der Waals surface area contributed by atoms with Crippen molar-refractivity contribution in [3.8, 4) is 23.0 Å². The van der Waals surface area contributed by atoms with Gasteiger partial charge in [0.15, 0.2) is 11.2 Å². The Bertz CT molecular complexity index is 3590. The van der Waals surface area contributed by atoms with Gasteiger partial charge in [0.05, 0.1) is 11.1 Å². The van der Waals surface area contributed by atoms with Crippen LogP contribution in [0.3, 0.4) is 0 Å². The van der Waals surface area contributed by atoms with Gasteiger partial charge in [-0.3, -0.25) is 0 Å². The largest absolute Gasteiger partial charge is 0.456 e. The van der Waals surface area contributed by atoms with Crippen LogP contribution in [0.4, 0.5) is 34.1 Å². The van der Waals surface area contributed by atoms with Crippen molar-refractivity contribution in [3.63, 3.8) is 0 Å². The summed E-state index contributed by atoms with van der Waals surface area (Å²) in [6, 6.07) is 54.8. The number of benzene rings is 8. The van der Waals surface area contributed by atoms with Gasteiger partial charge in [-0.2, -0.15) is 0 Å². The van der Waals surface area contributed by atoms with Gasteiger partial charge in [-0.1, -0.05) is 113 Å². The number of esters is 2. The van der Waals surface area contributed by atoms with Gasteiger partial charge in [0.1, 0.15) is 23.0 Å². The van der Waals surface area contributed by atoms with Crippen molar-refractivity contribution >= 4 is 46.1 Å². The van der Waals surface area contributed by atoms with E-state index >= 15 is 0 Å². The number of rotatable bonds is 10. The smallest absolute Gasteiger partial charge is 0.340 e. The number of hydrogen-bond donors (Lipinski definition) is 2. The Balaban J connectivity index is 0.719. The highest BCUT2D eigenvalue weighted by atomic mass is 16.6. The molecule has 8 aromatic carbocycles. The number of nitrogens with one attached hydrogen (secondary N) is 2. The maximum absolute atomic E-state index is 13.8. The number of ether oxygens (including phenoxy) is 4. The molecule has 2 aliphatic carbocycles. The fraction of sp³-hybridized carbons (Fsp3) is 0.296. The molecule has 0 aromatic heterocycles. The predicted molar refractivity (Wildman–Crippen MR) is 321 cm³/mol. The minimum Gasteiger partial charge on any atom is -0.456 e. The quantitative estimate of drug-likeness (QED) is 0.129. The van der Waals surface area contributed by atoms with E-state index in [-0.39, 0.29) is 17.4 Å². The average molecular weight is 1070 g/mol. The first-order valence-electron chi connectivity index (χ1n) is 29.1. The molecule has 2 saturated carbocycles. The molecule has 10 nitrogen and oxygen atoms in total. The molecule has 2 unspecified atom stereocenters. The fourth-order valence-electron chi connectivity index (χ4n) is 14.1. The maximum atomic E-state index is 13.8. The molecular formula is C71H68N4O6. The molecule has 2 fully saturated rings. The monoisotopic (exact) mass is 1070 g/mol. The Hall–Kier alpha value is -8.50. The van der Waals surface area contributed by atoms with Crippen molar-refractivity contribution < 1.29 is 28.5 Å². The van der Waals surface area contributed by atoms with Crippen LogP contribution in [0.1, 0.15) is 154 Å². The molecule has 4 heterocycles. The van der Waals surface area contributed by atoms with E-state index in [4.69, 9.17) is 18.9 Å². The zero-order chi connectivity index (χ0) is 55.4. The van der Waals surface area contributed by atoms with Crippen molar-refractivity contribution in [3.05, 3.63) is 224 Å². The first-order valence-corrected chi connectivity index (χ1v) is 29.1. The lowest BCUT2D eigenvalue weighted by molar-refractivity contribution is 0.0214. The second-order valence-electron chi connectivity index (χ2n) is 24.0. The van der Waals surface area contributed by atoms with Crippen LogP contribution >= 0.6 is 0 Å². The minimum atomic E-state index is -1.18. The van der Waals surface area contributed by atoms with E-state index < -0.39 is 11.2 Å². The summed E-state index contributed by atoms with van der Waals surface area (Å²) in [6.07, 6.45) is 12.3. The van der Waals surface area contributed by atoms with E-state index in [0.29, 0.717) is 46.2 Å². The molecule has 0 bridgehead atoms. The van der Waals surface area contributed by atoms with Gasteiger partial charge in [-0.25, -0.2) is 9.59 Å². The zero-order valence-corrected chi connectivity index (χ0v) is 47.1. The Morgan fingerprint density at radius 2 is 0.827 bits per heavy atom. The van der Waals surface area contributed by atoms with Crippen molar-refractivity contribution in [1.82, 2.24) is 0 Å². The Morgan fingerprint density at radius 1 is 0.444 bits per heavy atom. The predicted octanol–water partition coefficient (Wildman–Crippen LogP) is 16.8. The van der Waals surface area contributed by atoms with Crippen LogP contribution in [0.2, 0.25) is 0 Å². The molecule has 8 aromatic rings. The number of anilines is 6. The molecule has 0 amide bonds. The lowest BCUT2D eigenvalue weighted by Gasteiger charge is -2.38. The summed E-state index contributed by atoms with van der Waals surface area (Å²) in [5.41, 5.74) is 13.5. The van der Waals surface area contributed by atoms with Crippen molar-refractivity contribution in [2.75, 3.05) is 34.5 Å². The molecule has 0 radical (unpaired) electrons. The van der Waals surface area contributed by atoms with Gasteiger partial charge in [0.25, 0.3) is 0 Å². The highest BCUT2D eigenvalue weighted by Gasteiger charge is 2.55. The number of fused-ring (bicyclic) bond motifs is 12. The Morgan fingerprint density at radius 3 is 1.23 bits per heavy atom. The molecule has 6 aliphatic rings. The third-order valence-corrected chi connectivity index (χ3v) is 18.9. The Kier molecular flexibility index (Phi) is 12.1. The molecule has 10 heteroatoms. The maximum Gasteiger partial charge on any atom is 0.340 e. The van der Waals surface area contributed by atoms with Crippen molar-refractivity contribution in [2.45, 2.75) is 121 Å². The van der Waals surface area contributed by atoms with E-state index in [1.807, 2.05) is 48.5 Å². The van der Waals surface area contributed by atoms with Gasteiger partial charge in [-0.15, -0.1) is 0 Å². The number of aryl methyl sites for hydroxylation is 2. The molecule has 2 N–H and O–H groups in total. The summed E-state index contributed by atoms with van der Waals surface area (Å²) in [6.45, 7) is 8.67. The number of carbonyl (C=O) groups is 2. The molecule has 81 heavy (non-hydrogen) atoms. The van der Waals surface area contributed by atoms with E-state index in [1.165, 1.54) is 64.2 Å². The van der Waals surface area contributed by atoms with Crippen LogP contribution in [0.25, 0.3) is 0 Å². The summed E-state index contributed by atoms with van der Waals surface area (Å²) >= 11 is 0. The van der Waals surface area contributed by atoms with Crippen LogP contribution in [0.5, 0.6) is 23.0 Å². The van der Waals surface area contributed by atoms with E-state index in [2.05, 4.69) is 171 Å². The van der Waals surface area contributed by atoms with Crippen molar-refractivity contribution in [1.29, 1.82) is 0 Å². The summed E-state index contributed by atoms with van der Waals surface area (Å²) < 4.78 is 26.9. The van der Waals surface area contributed by atoms with Crippen LogP contribution in [-0.4, -0.2) is 38.1 Å². The standard InChI is InChI=1S/C71H68N4O6/c1-43-37-63-59(70(55-23-15-13-21-53(55)67(76)80-70)57-35-33-51(39-65(57)78-63)74(5)49-17-9-7-10-18-49)41-61(43)72-47-29-25-45(26-30-47)69(3,4)46-27-31-48(32-28-46)73-62-42-60-64(38-44(62)2)79-66-40-52(75(6)50-19-11-8-12-20-50)34-36-58(66)71(60)56-24-16-14-22-54(56)68(77)81-71/h13-16,21-42,49-50,72-73H,7-12,17-20H2,1-6H3. The molecule has 2 atom stereocenters. The second-order valence-corrected chi connectivity index (χ2v) is 24.0. The van der Waals surface area contributed by atoms with Crippen LogP contribution in [0.15, 0.2) is 158 Å². The van der Waals surface area contributed by atoms with Crippen LogP contribution in [0, 0.1) is 13.8 Å². The van der Waals surface area contributed by atoms with Gasteiger partial charge < -0.3 is 39.4 Å². The normalized spacial score (nSPS) is 19.7. The van der Waals surface area contributed by atoms with Gasteiger partial charge in [0.2, 0.25) is 0 Å². The zero-order valence-electron chi connectivity index (χ0n) is 47.1. The molecule has 2 spiro atoms. The fourth-order valence-corrected chi connectivity index (χ4v) is 14.1. The molecule has 4 aliphatic heterocycles. The first kappa shape index (κ1) is 50.7. The molecule has 14 rings (SSSR count). The Labute approximate surface area is 475 Å². The van der Waals surface area contributed by atoms with E-state index in [0.717, 1.165) is 89.8 Å². The molecule has 0 saturated heterocycles. The highest BCUT2D eigenvalue weighted by molar-refractivity contribution is 5.98. The summed E-state index contributed by atoms with van der Waals surface area (Å²) in [5, 5.41) is 7.44. The third kappa shape index (κ3) is 8.18. The number of hydrogen-bond acceptors (Lipinski definition) is 10. The lowest BCUT2D eigenvalue weighted by Crippen LogP contribution is -2.35. The SMILES string of the molecule is Cc1cc2c(cc1Nc1ccc(C(C)(C)c3ccc(Nc4cc5c(cc4C)Oc4cc(N(C)C6CCCCC6)ccc4C54OC(=O)c5ccccc54)cc3)cc1)C1(OC(=O)c3ccccc31)c1ccc(N(C)C3CCCCC3)cc1O2. The number of carbonyl (C=O) groups excluding carboxylic acids is 2. The van der Waals surface area contributed by atoms with Gasteiger partial charge in [0, 0.05) is 111 Å². The lowest BCUT2D eigenvalue weighted by atomic mass is 9.77. The summed E-state index contributed by atoms with van der Waals surface area (Å²) in [5.74, 6) is 2.06. The van der Waals surface area contributed by atoms with Crippen LogP contribution < -0.4 is 29.9 Å². The van der Waals surface area contributed by atoms with E-state index in [1.54, 1.807) is 0 Å². The average Bonchev–Trinajstić information content (AvgIpc) is 3.92. The second kappa shape index (κ2) is 19.4. The topological polar surface area (TPSA) is 102 Å². The van der Waals surface area contributed by atoms with Crippen molar-refractivity contribution in [2.24, 2.45) is 0 Å². The molecule has 408 valence electrons. The number of nitrogens with zero attached hydrogens (tertiary/aromatic N) is 2. The molecular weight excluding hydrogens is 1000 g/mol. The first-order chi connectivity index (χ1) is 39.3. The third-order valence-electron chi connectivity index (χ3n) is 18.9.